The molecule has 0 aliphatic carbocycles. The summed E-state index contributed by atoms with van der Waals surface area (Å²) in [6, 6.07) is 22.5. The molecule has 3 aromatic carbocycles. The second-order valence-corrected chi connectivity index (χ2v) is 12.6. The van der Waals surface area contributed by atoms with Gasteiger partial charge in [-0.25, -0.2) is 14.4 Å². The van der Waals surface area contributed by atoms with Crippen molar-refractivity contribution in [3.05, 3.63) is 113 Å². The van der Waals surface area contributed by atoms with E-state index in [1.165, 1.54) is 22.7 Å². The number of halogens is 1. The fraction of sp³-hybridized carbons (Fsp3) is 0.333. The monoisotopic (exact) mass is 641 g/mol. The van der Waals surface area contributed by atoms with Crippen molar-refractivity contribution in [2.75, 3.05) is 42.3 Å². The van der Waals surface area contributed by atoms with Crippen LogP contribution in [0.25, 0.3) is 0 Å². The molecule has 1 unspecified atom stereocenters. The summed E-state index contributed by atoms with van der Waals surface area (Å²) < 4.78 is 20.5. The number of aryl methyl sites for hydroxylation is 2. The Labute approximate surface area is 274 Å². The number of morpholine rings is 1. The molecule has 46 heavy (non-hydrogen) atoms. The molecule has 2 heterocycles. The van der Waals surface area contributed by atoms with Crippen molar-refractivity contribution in [3.63, 3.8) is 0 Å². The molecule has 0 radical (unpaired) electrons. The molecule has 1 atom stereocenters. The number of benzene rings is 3. The highest BCUT2D eigenvalue weighted by molar-refractivity contribution is 7.99. The lowest BCUT2D eigenvalue weighted by molar-refractivity contribution is -0.137. The molecule has 1 aromatic heterocycles. The van der Waals surface area contributed by atoms with E-state index in [4.69, 9.17) is 4.74 Å². The summed E-state index contributed by atoms with van der Waals surface area (Å²) in [5, 5.41) is 3.50. The first-order valence-corrected chi connectivity index (χ1v) is 16.5. The minimum Gasteiger partial charge on any atom is -0.378 e. The van der Waals surface area contributed by atoms with Crippen molar-refractivity contribution < 1.29 is 18.7 Å². The number of hydrogen-bond acceptors (Lipinski definition) is 7. The summed E-state index contributed by atoms with van der Waals surface area (Å²) in [6.45, 7) is 10.8. The highest BCUT2D eigenvalue weighted by Crippen LogP contribution is 2.30. The summed E-state index contributed by atoms with van der Waals surface area (Å²) in [7, 11) is 0. The number of thioether (sulfide) groups is 1. The van der Waals surface area contributed by atoms with Gasteiger partial charge in [0.05, 0.1) is 19.0 Å². The zero-order chi connectivity index (χ0) is 32.6. The molecule has 5 rings (SSSR count). The first kappa shape index (κ1) is 33.1. The molecule has 8 nitrogen and oxygen atoms in total. The largest absolute Gasteiger partial charge is 0.378 e. The van der Waals surface area contributed by atoms with E-state index < -0.39 is 17.8 Å². The van der Waals surface area contributed by atoms with Gasteiger partial charge in [-0.3, -0.25) is 9.59 Å². The molecule has 2 amide bonds. The third-order valence-electron chi connectivity index (χ3n) is 7.90. The molecule has 1 N–H and O–H groups in total. The van der Waals surface area contributed by atoms with Crippen LogP contribution in [0, 0.1) is 19.7 Å². The number of carbonyl (C=O) groups is 2. The fourth-order valence-electron chi connectivity index (χ4n) is 5.42. The molecule has 1 aliphatic heterocycles. The van der Waals surface area contributed by atoms with Crippen LogP contribution in [0.3, 0.4) is 0 Å². The number of hydrogen-bond donors (Lipinski definition) is 1. The van der Waals surface area contributed by atoms with Crippen LogP contribution in [0.2, 0.25) is 0 Å². The van der Waals surface area contributed by atoms with Gasteiger partial charge in [-0.1, -0.05) is 68.1 Å². The third-order valence-corrected chi connectivity index (χ3v) is 8.73. The molecule has 1 aliphatic rings. The lowest BCUT2D eigenvalue weighted by Crippen LogP contribution is -2.42. The Balaban J connectivity index is 1.47. The van der Waals surface area contributed by atoms with Crippen molar-refractivity contribution in [2.45, 2.75) is 51.4 Å². The number of rotatable bonds is 11. The maximum atomic E-state index is 15.0. The van der Waals surface area contributed by atoms with Crippen LogP contribution in [0.15, 0.2) is 84.0 Å². The first-order valence-electron chi connectivity index (χ1n) is 15.5. The summed E-state index contributed by atoms with van der Waals surface area (Å²) in [4.78, 5) is 40.9. The number of nitrogens with one attached hydrogen (secondary N) is 1. The van der Waals surface area contributed by atoms with E-state index in [0.29, 0.717) is 35.2 Å². The molecule has 1 fully saturated rings. The van der Waals surface area contributed by atoms with Crippen LogP contribution < -0.4 is 10.2 Å². The van der Waals surface area contributed by atoms with E-state index in [9.17, 15) is 9.59 Å². The highest BCUT2D eigenvalue weighted by Gasteiger charge is 2.32. The Morgan fingerprint density at radius 1 is 0.935 bits per heavy atom. The van der Waals surface area contributed by atoms with Gasteiger partial charge in [-0.15, -0.1) is 0 Å². The number of ether oxygens (including phenoxy) is 1. The van der Waals surface area contributed by atoms with Crippen molar-refractivity contribution in [1.29, 1.82) is 0 Å². The van der Waals surface area contributed by atoms with Gasteiger partial charge in [0, 0.05) is 48.0 Å². The first-order chi connectivity index (χ1) is 22.2. The van der Waals surface area contributed by atoms with E-state index in [1.807, 2.05) is 68.4 Å². The number of carbonyl (C=O) groups excluding carboxylic acids is 2. The van der Waals surface area contributed by atoms with Gasteiger partial charge in [0.25, 0.3) is 5.91 Å². The summed E-state index contributed by atoms with van der Waals surface area (Å²) in [5.74, 6) is -0.921. The maximum Gasteiger partial charge on any atom is 0.251 e. The smallest absolute Gasteiger partial charge is 0.251 e. The molecular formula is C36H40FN5O3S. The predicted molar refractivity (Wildman–Crippen MR) is 181 cm³/mol. The van der Waals surface area contributed by atoms with Gasteiger partial charge < -0.3 is 19.9 Å². The molecule has 1 saturated heterocycles. The van der Waals surface area contributed by atoms with E-state index >= 15 is 4.39 Å². The average Bonchev–Trinajstić information content (AvgIpc) is 3.05. The third kappa shape index (κ3) is 8.50. The highest BCUT2D eigenvalue weighted by atomic mass is 32.2. The van der Waals surface area contributed by atoms with Crippen LogP contribution >= 0.6 is 11.8 Å². The second-order valence-electron chi connectivity index (χ2n) is 11.7. The Kier molecular flexibility index (Phi) is 11.0. The number of aromatic nitrogens is 2. The number of amides is 2. The summed E-state index contributed by atoms with van der Waals surface area (Å²) >= 11 is 1.20. The van der Waals surface area contributed by atoms with Crippen LogP contribution in [-0.2, 0) is 20.9 Å². The van der Waals surface area contributed by atoms with Gasteiger partial charge >= 0.3 is 0 Å². The zero-order valence-electron chi connectivity index (χ0n) is 26.7. The van der Waals surface area contributed by atoms with E-state index in [2.05, 4.69) is 34.0 Å². The van der Waals surface area contributed by atoms with Gasteiger partial charge in [0.2, 0.25) is 5.91 Å². The lowest BCUT2D eigenvalue weighted by atomic mass is 9.97. The average molecular weight is 642 g/mol. The molecule has 0 spiro atoms. The summed E-state index contributed by atoms with van der Waals surface area (Å²) in [5.41, 5.74) is 5.29. The van der Waals surface area contributed by atoms with Crippen LogP contribution in [0.1, 0.15) is 53.9 Å². The Morgan fingerprint density at radius 2 is 1.57 bits per heavy atom. The van der Waals surface area contributed by atoms with Crippen LogP contribution in [-0.4, -0.2) is 58.7 Å². The molecule has 0 bridgehead atoms. The second kappa shape index (κ2) is 15.3. The van der Waals surface area contributed by atoms with Gasteiger partial charge in [0.15, 0.2) is 5.16 Å². The van der Waals surface area contributed by atoms with Gasteiger partial charge in [0.1, 0.15) is 11.9 Å². The van der Waals surface area contributed by atoms with Crippen LogP contribution in [0.4, 0.5) is 15.8 Å². The van der Waals surface area contributed by atoms with Crippen LogP contribution in [0.5, 0.6) is 0 Å². The van der Waals surface area contributed by atoms with Gasteiger partial charge in [-0.05, 0) is 67.3 Å². The predicted octanol–water partition coefficient (Wildman–Crippen LogP) is 6.69. The minimum atomic E-state index is -1.03. The zero-order valence-corrected chi connectivity index (χ0v) is 27.5. The summed E-state index contributed by atoms with van der Waals surface area (Å²) in [6.07, 6.45) is 0. The van der Waals surface area contributed by atoms with E-state index in [-0.39, 0.29) is 24.1 Å². The molecule has 0 saturated carbocycles. The maximum absolute atomic E-state index is 15.0. The quantitative estimate of drug-likeness (QED) is 0.144. The normalized spacial score (nSPS) is 13.8. The lowest BCUT2D eigenvalue weighted by Gasteiger charge is -2.32. The SMILES string of the molecule is Cc1cc(C)nc(SCC(=O)N(Cc2ccccc2F)C(C(=O)Nc2ccc(N3CCOCC3)cc2)c2ccc(C(C)C)cc2)n1. The molecule has 4 aromatic rings. The van der Waals surface area contributed by atoms with E-state index in [1.54, 1.807) is 18.2 Å². The minimum absolute atomic E-state index is 0.0283. The van der Waals surface area contributed by atoms with E-state index in [0.717, 1.165) is 35.7 Å². The van der Waals surface area contributed by atoms with Crippen molar-refractivity contribution in [1.82, 2.24) is 14.9 Å². The number of anilines is 2. The Bertz CT molecular complexity index is 1620. The van der Waals surface area contributed by atoms with Gasteiger partial charge in [-0.2, -0.15) is 0 Å². The number of nitrogens with zero attached hydrogens (tertiary/aromatic N) is 4. The molecular weight excluding hydrogens is 601 g/mol. The van der Waals surface area contributed by atoms with Crippen molar-refractivity contribution in [2.24, 2.45) is 0 Å². The standard InChI is InChI=1S/C36H40FN5O3S/c1-24(2)27-9-11-28(12-10-27)34(35(44)40-30-13-15-31(16-14-30)41-17-19-45-20-18-41)42(22-29-7-5-6-8-32(29)37)33(43)23-46-36-38-25(3)21-26(4)39-36/h5-16,21,24,34H,17-20,22-23H2,1-4H3,(H,40,44). The fourth-order valence-corrected chi connectivity index (χ4v) is 6.26. The topological polar surface area (TPSA) is 87.7 Å². The molecule has 240 valence electrons. The molecule has 10 heteroatoms. The van der Waals surface area contributed by atoms with Crippen molar-refractivity contribution in [3.8, 4) is 0 Å². The Morgan fingerprint density at radius 3 is 2.20 bits per heavy atom. The Hall–Kier alpha value is -4.28. The van der Waals surface area contributed by atoms with Crippen molar-refractivity contribution >= 4 is 35.0 Å².